The third-order valence-electron chi connectivity index (χ3n) is 4.71. The Labute approximate surface area is 123 Å². The molecule has 0 radical (unpaired) electrons. The molecule has 6 nitrogen and oxygen atoms in total. The molecule has 0 atom stereocenters. The molecule has 0 aromatic carbocycles. The number of carbonyl (C=O) groups is 1. The van der Waals surface area contributed by atoms with Crippen LogP contribution in [0.3, 0.4) is 0 Å². The van der Waals surface area contributed by atoms with Crippen molar-refractivity contribution in [3.05, 3.63) is 18.0 Å². The number of aromatic nitrogens is 2. The highest BCUT2D eigenvalue weighted by molar-refractivity contribution is 5.77. The molecule has 0 unspecified atom stereocenters. The first-order valence-corrected chi connectivity index (χ1v) is 7.62. The SMILES string of the molecule is O=C(O)C1(O)CCN(c2nccc(C3CCCC3)n2)CC1. The lowest BCUT2D eigenvalue weighted by Crippen LogP contribution is -2.49. The predicted octanol–water partition coefficient (Wildman–Crippen LogP) is 1.55. The van der Waals surface area contributed by atoms with Crippen LogP contribution in [0.1, 0.15) is 50.1 Å². The second-order valence-electron chi connectivity index (χ2n) is 6.09. The number of rotatable bonds is 3. The Morgan fingerprint density at radius 3 is 2.57 bits per heavy atom. The van der Waals surface area contributed by atoms with Crippen molar-refractivity contribution in [2.45, 2.75) is 50.0 Å². The van der Waals surface area contributed by atoms with E-state index in [9.17, 15) is 9.90 Å². The number of nitrogens with zero attached hydrogens (tertiary/aromatic N) is 3. The van der Waals surface area contributed by atoms with Crippen molar-refractivity contribution in [3.63, 3.8) is 0 Å². The quantitative estimate of drug-likeness (QED) is 0.878. The van der Waals surface area contributed by atoms with Crippen molar-refractivity contribution < 1.29 is 15.0 Å². The Bertz CT molecular complexity index is 521. The third kappa shape index (κ3) is 2.85. The molecular formula is C15H21N3O3. The number of aliphatic hydroxyl groups is 1. The van der Waals surface area contributed by atoms with Crippen LogP contribution >= 0.6 is 0 Å². The summed E-state index contributed by atoms with van der Waals surface area (Å²) in [6.07, 6.45) is 7.11. The number of hydrogen-bond donors (Lipinski definition) is 2. The summed E-state index contributed by atoms with van der Waals surface area (Å²) in [6.45, 7) is 0.938. The van der Waals surface area contributed by atoms with Gasteiger partial charge >= 0.3 is 5.97 Å². The molecule has 21 heavy (non-hydrogen) atoms. The highest BCUT2D eigenvalue weighted by Gasteiger charge is 2.40. The number of piperidine rings is 1. The van der Waals surface area contributed by atoms with Crippen LogP contribution in [-0.4, -0.2) is 44.8 Å². The van der Waals surface area contributed by atoms with Gasteiger partial charge in [-0.25, -0.2) is 14.8 Å². The molecule has 3 rings (SSSR count). The molecule has 0 bridgehead atoms. The van der Waals surface area contributed by atoms with E-state index in [2.05, 4.69) is 9.97 Å². The first-order valence-electron chi connectivity index (χ1n) is 7.62. The smallest absolute Gasteiger partial charge is 0.335 e. The number of anilines is 1. The molecule has 1 aromatic heterocycles. The van der Waals surface area contributed by atoms with Gasteiger partial charge in [0, 0.05) is 43.7 Å². The van der Waals surface area contributed by atoms with Gasteiger partial charge in [-0.2, -0.15) is 0 Å². The number of aliphatic carboxylic acids is 1. The summed E-state index contributed by atoms with van der Waals surface area (Å²) in [7, 11) is 0. The van der Waals surface area contributed by atoms with E-state index in [4.69, 9.17) is 5.11 Å². The summed E-state index contributed by atoms with van der Waals surface area (Å²) in [6, 6.07) is 1.98. The van der Waals surface area contributed by atoms with E-state index in [1.165, 1.54) is 25.7 Å². The largest absolute Gasteiger partial charge is 0.479 e. The van der Waals surface area contributed by atoms with Gasteiger partial charge < -0.3 is 15.1 Å². The van der Waals surface area contributed by atoms with E-state index >= 15 is 0 Å². The van der Waals surface area contributed by atoms with Crippen LogP contribution in [0.15, 0.2) is 12.3 Å². The minimum atomic E-state index is -1.60. The van der Waals surface area contributed by atoms with Gasteiger partial charge in [-0.05, 0) is 18.9 Å². The lowest BCUT2D eigenvalue weighted by Gasteiger charge is -2.35. The van der Waals surface area contributed by atoms with Gasteiger partial charge in [0.05, 0.1) is 0 Å². The van der Waals surface area contributed by atoms with Crippen molar-refractivity contribution >= 4 is 11.9 Å². The van der Waals surface area contributed by atoms with Crippen LogP contribution in [0, 0.1) is 0 Å². The molecule has 2 fully saturated rings. The summed E-state index contributed by atoms with van der Waals surface area (Å²) in [5.74, 6) is 0.0575. The Balaban J connectivity index is 1.70. The fraction of sp³-hybridized carbons (Fsp3) is 0.667. The van der Waals surface area contributed by atoms with Gasteiger partial charge in [-0.15, -0.1) is 0 Å². The maximum Gasteiger partial charge on any atom is 0.335 e. The van der Waals surface area contributed by atoms with Gasteiger partial charge in [-0.3, -0.25) is 0 Å². The van der Waals surface area contributed by atoms with Crippen molar-refractivity contribution in [1.29, 1.82) is 0 Å². The summed E-state index contributed by atoms with van der Waals surface area (Å²) in [5, 5.41) is 19.0. The summed E-state index contributed by atoms with van der Waals surface area (Å²) >= 11 is 0. The number of hydrogen-bond acceptors (Lipinski definition) is 5. The zero-order chi connectivity index (χ0) is 14.9. The Morgan fingerprint density at radius 2 is 1.95 bits per heavy atom. The fourth-order valence-electron chi connectivity index (χ4n) is 3.25. The van der Waals surface area contributed by atoms with Crippen molar-refractivity contribution in [2.24, 2.45) is 0 Å². The van der Waals surface area contributed by atoms with Crippen LogP contribution in [0.25, 0.3) is 0 Å². The molecule has 1 aliphatic heterocycles. The minimum Gasteiger partial charge on any atom is -0.479 e. The Morgan fingerprint density at radius 1 is 1.29 bits per heavy atom. The van der Waals surface area contributed by atoms with Gasteiger partial charge in [0.1, 0.15) is 0 Å². The maximum atomic E-state index is 11.0. The highest BCUT2D eigenvalue weighted by atomic mass is 16.4. The average molecular weight is 291 g/mol. The first kappa shape index (κ1) is 14.3. The standard InChI is InChI=1S/C15H21N3O3/c19-13(20)15(21)6-9-18(10-7-15)14-16-8-5-12(17-14)11-3-1-2-4-11/h5,8,11,21H,1-4,6-7,9-10H2,(H,19,20). The minimum absolute atomic E-state index is 0.208. The zero-order valence-corrected chi connectivity index (χ0v) is 12.0. The molecule has 1 saturated heterocycles. The first-order chi connectivity index (χ1) is 10.1. The van der Waals surface area contributed by atoms with E-state index < -0.39 is 11.6 Å². The molecule has 1 saturated carbocycles. The monoisotopic (exact) mass is 291 g/mol. The number of carboxylic acids is 1. The zero-order valence-electron chi connectivity index (χ0n) is 12.0. The summed E-state index contributed by atoms with van der Waals surface area (Å²) in [4.78, 5) is 22.0. The normalized spacial score (nSPS) is 22.4. The van der Waals surface area contributed by atoms with Crippen LogP contribution in [0.5, 0.6) is 0 Å². The molecular weight excluding hydrogens is 270 g/mol. The van der Waals surface area contributed by atoms with Gasteiger partial charge in [0.25, 0.3) is 0 Å². The molecule has 2 aliphatic rings. The maximum absolute atomic E-state index is 11.0. The van der Waals surface area contributed by atoms with Gasteiger partial charge in [0.15, 0.2) is 5.60 Å². The van der Waals surface area contributed by atoms with E-state index in [0.717, 1.165) is 5.69 Å². The third-order valence-corrected chi connectivity index (χ3v) is 4.71. The van der Waals surface area contributed by atoms with Crippen LogP contribution in [0.4, 0.5) is 5.95 Å². The molecule has 1 aliphatic carbocycles. The van der Waals surface area contributed by atoms with E-state index in [-0.39, 0.29) is 12.8 Å². The van der Waals surface area contributed by atoms with Crippen LogP contribution < -0.4 is 4.90 Å². The van der Waals surface area contributed by atoms with E-state index in [1.54, 1.807) is 6.20 Å². The van der Waals surface area contributed by atoms with Crippen LogP contribution in [0.2, 0.25) is 0 Å². The van der Waals surface area contributed by atoms with Gasteiger partial charge in [-0.1, -0.05) is 12.8 Å². The highest BCUT2D eigenvalue weighted by Crippen LogP contribution is 2.33. The Hall–Kier alpha value is -1.69. The average Bonchev–Trinajstić information content (AvgIpc) is 3.02. The predicted molar refractivity (Wildman–Crippen MR) is 77.3 cm³/mol. The Kier molecular flexibility index (Phi) is 3.80. The molecule has 2 heterocycles. The van der Waals surface area contributed by atoms with E-state index in [1.807, 2.05) is 11.0 Å². The summed E-state index contributed by atoms with van der Waals surface area (Å²) in [5.41, 5.74) is -0.504. The molecule has 1 aromatic rings. The molecule has 114 valence electrons. The molecule has 0 amide bonds. The molecule has 0 spiro atoms. The number of carboxylic acid groups (broad SMARTS) is 1. The lowest BCUT2D eigenvalue weighted by atomic mass is 9.92. The second-order valence-corrected chi connectivity index (χ2v) is 6.09. The van der Waals surface area contributed by atoms with Crippen molar-refractivity contribution in [2.75, 3.05) is 18.0 Å². The fourth-order valence-corrected chi connectivity index (χ4v) is 3.25. The second kappa shape index (κ2) is 5.60. The lowest BCUT2D eigenvalue weighted by molar-refractivity contribution is -0.160. The summed E-state index contributed by atoms with van der Waals surface area (Å²) < 4.78 is 0. The van der Waals surface area contributed by atoms with Crippen LogP contribution in [-0.2, 0) is 4.79 Å². The van der Waals surface area contributed by atoms with Crippen molar-refractivity contribution in [3.8, 4) is 0 Å². The molecule has 2 N–H and O–H groups in total. The van der Waals surface area contributed by atoms with Gasteiger partial charge in [0.2, 0.25) is 5.95 Å². The van der Waals surface area contributed by atoms with Crippen molar-refractivity contribution in [1.82, 2.24) is 9.97 Å². The molecule has 6 heteroatoms. The van der Waals surface area contributed by atoms with E-state index in [0.29, 0.717) is 25.0 Å². The topological polar surface area (TPSA) is 86.5 Å².